The number of rotatable bonds is 9. The van der Waals surface area contributed by atoms with Crippen LogP contribution in [0.15, 0.2) is 47.4 Å². The summed E-state index contributed by atoms with van der Waals surface area (Å²) < 4.78 is 33.8. The van der Waals surface area contributed by atoms with Crippen LogP contribution in [0.5, 0.6) is 5.75 Å². The van der Waals surface area contributed by atoms with Gasteiger partial charge in [0.15, 0.2) is 0 Å². The van der Waals surface area contributed by atoms with Gasteiger partial charge in [-0.3, -0.25) is 14.4 Å². The zero-order valence-corrected chi connectivity index (χ0v) is 18.5. The number of carbonyl (C=O) groups excluding carboxylic acids is 1. The first-order chi connectivity index (χ1) is 14.4. The van der Waals surface area contributed by atoms with E-state index in [4.69, 9.17) is 4.74 Å². The van der Waals surface area contributed by atoms with Gasteiger partial charge in [0.05, 0.1) is 17.7 Å². The second kappa shape index (κ2) is 9.49. The molecule has 0 aromatic heterocycles. The highest BCUT2D eigenvalue weighted by molar-refractivity contribution is 7.92. The third kappa shape index (κ3) is 4.94. The van der Waals surface area contributed by atoms with E-state index in [1.807, 2.05) is 12.1 Å². The maximum atomic E-state index is 12.9. The molecule has 1 aliphatic heterocycles. The van der Waals surface area contributed by atoms with Crippen LogP contribution >= 0.6 is 0 Å². The molecule has 8 heteroatoms. The number of methoxy groups -OCH3 is 1. The van der Waals surface area contributed by atoms with E-state index in [1.54, 1.807) is 23.1 Å². The molecular formula is C22H29N3O4S. The van der Waals surface area contributed by atoms with Crippen LogP contribution in [0.4, 0.5) is 11.4 Å². The Morgan fingerprint density at radius 3 is 2.37 bits per heavy atom. The number of nitrogens with one attached hydrogen (secondary N) is 1. The highest BCUT2D eigenvalue weighted by Crippen LogP contribution is 2.34. The van der Waals surface area contributed by atoms with Crippen LogP contribution in [0.2, 0.25) is 0 Å². The number of ether oxygens (including phenoxy) is 1. The van der Waals surface area contributed by atoms with E-state index in [1.165, 1.54) is 19.2 Å². The Bertz CT molecular complexity index is 986. The summed E-state index contributed by atoms with van der Waals surface area (Å²) in [5.74, 6) is 0.449. The highest BCUT2D eigenvalue weighted by Gasteiger charge is 2.26. The molecule has 3 rings (SSSR count). The summed E-state index contributed by atoms with van der Waals surface area (Å²) >= 11 is 0. The lowest BCUT2D eigenvalue weighted by Gasteiger charge is -2.20. The lowest BCUT2D eigenvalue weighted by atomic mass is 10.2. The Hall–Kier alpha value is -2.58. The van der Waals surface area contributed by atoms with Crippen molar-refractivity contribution >= 4 is 27.3 Å². The average molecular weight is 432 g/mol. The van der Waals surface area contributed by atoms with Crippen LogP contribution in [0.3, 0.4) is 0 Å². The van der Waals surface area contributed by atoms with Gasteiger partial charge in [0.2, 0.25) is 5.91 Å². The maximum absolute atomic E-state index is 12.9. The molecule has 1 saturated heterocycles. The minimum atomic E-state index is -3.81. The fourth-order valence-corrected chi connectivity index (χ4v) is 4.63. The molecule has 0 unspecified atom stereocenters. The number of sulfonamides is 1. The zero-order valence-electron chi connectivity index (χ0n) is 17.7. The minimum absolute atomic E-state index is 0.0281. The lowest BCUT2D eigenvalue weighted by molar-refractivity contribution is -0.117. The van der Waals surface area contributed by atoms with E-state index in [9.17, 15) is 13.2 Å². The molecule has 2 aromatic rings. The molecule has 30 heavy (non-hydrogen) atoms. The molecule has 0 radical (unpaired) electrons. The first-order valence-electron chi connectivity index (χ1n) is 10.2. The third-order valence-corrected chi connectivity index (χ3v) is 6.71. The Balaban J connectivity index is 1.81. The summed E-state index contributed by atoms with van der Waals surface area (Å²) in [6.45, 7) is 7.54. The number of anilines is 2. The van der Waals surface area contributed by atoms with Crippen LogP contribution in [0.25, 0.3) is 0 Å². The van der Waals surface area contributed by atoms with Gasteiger partial charge in [-0.15, -0.1) is 0 Å². The van der Waals surface area contributed by atoms with Gasteiger partial charge in [-0.25, -0.2) is 8.42 Å². The van der Waals surface area contributed by atoms with Crippen molar-refractivity contribution < 1.29 is 17.9 Å². The van der Waals surface area contributed by atoms with Crippen molar-refractivity contribution in [3.05, 3.63) is 48.0 Å². The number of amides is 1. The van der Waals surface area contributed by atoms with Gasteiger partial charge in [0, 0.05) is 25.2 Å². The van der Waals surface area contributed by atoms with E-state index in [2.05, 4.69) is 23.5 Å². The topological polar surface area (TPSA) is 79.0 Å². The molecule has 0 bridgehead atoms. The van der Waals surface area contributed by atoms with Crippen molar-refractivity contribution in [3.63, 3.8) is 0 Å². The fourth-order valence-electron chi connectivity index (χ4n) is 3.55. The molecule has 0 saturated carbocycles. The molecule has 1 aliphatic rings. The van der Waals surface area contributed by atoms with E-state index < -0.39 is 10.0 Å². The Labute approximate surface area is 178 Å². The number of nitrogens with zero attached hydrogens (tertiary/aromatic N) is 2. The summed E-state index contributed by atoms with van der Waals surface area (Å²) in [6, 6.07) is 12.0. The summed E-state index contributed by atoms with van der Waals surface area (Å²) in [5, 5.41) is 0. The van der Waals surface area contributed by atoms with E-state index in [0.717, 1.165) is 31.6 Å². The molecule has 1 amide bonds. The van der Waals surface area contributed by atoms with Crippen LogP contribution < -0.4 is 14.4 Å². The Morgan fingerprint density at radius 2 is 1.80 bits per heavy atom. The predicted molar refractivity (Wildman–Crippen MR) is 118 cm³/mol. The van der Waals surface area contributed by atoms with Crippen molar-refractivity contribution in [1.29, 1.82) is 0 Å². The summed E-state index contributed by atoms with van der Waals surface area (Å²) in [5.41, 5.74) is 2.10. The smallest absolute Gasteiger partial charge is 0.261 e. The predicted octanol–water partition coefficient (Wildman–Crippen LogP) is 3.46. The summed E-state index contributed by atoms with van der Waals surface area (Å²) in [7, 11) is -2.30. The molecule has 0 spiro atoms. The fraction of sp³-hybridized carbons (Fsp3) is 0.409. The first kappa shape index (κ1) is 22.1. The molecule has 7 nitrogen and oxygen atoms in total. The van der Waals surface area contributed by atoms with Crippen molar-refractivity contribution in [3.8, 4) is 5.75 Å². The van der Waals surface area contributed by atoms with Gasteiger partial charge in [-0.05, 0) is 55.4 Å². The monoisotopic (exact) mass is 431 g/mol. The number of carbonyl (C=O) groups is 1. The van der Waals surface area contributed by atoms with Gasteiger partial charge in [-0.1, -0.05) is 26.0 Å². The van der Waals surface area contributed by atoms with Crippen molar-refractivity contribution in [1.82, 2.24) is 4.90 Å². The maximum Gasteiger partial charge on any atom is 0.261 e. The Morgan fingerprint density at radius 1 is 1.10 bits per heavy atom. The van der Waals surface area contributed by atoms with E-state index >= 15 is 0 Å². The number of hydrogen-bond acceptors (Lipinski definition) is 5. The zero-order chi connectivity index (χ0) is 21.7. The normalized spacial score (nSPS) is 14.4. The van der Waals surface area contributed by atoms with Gasteiger partial charge < -0.3 is 9.64 Å². The van der Waals surface area contributed by atoms with Gasteiger partial charge >= 0.3 is 0 Å². The van der Waals surface area contributed by atoms with E-state index in [-0.39, 0.29) is 10.8 Å². The molecule has 162 valence electrons. The van der Waals surface area contributed by atoms with Crippen molar-refractivity contribution in [2.45, 2.75) is 38.1 Å². The van der Waals surface area contributed by atoms with E-state index in [0.29, 0.717) is 30.1 Å². The van der Waals surface area contributed by atoms with Crippen molar-refractivity contribution in [2.24, 2.45) is 0 Å². The standard InChI is InChI=1S/C22H29N3O4S/c1-4-24(5-2)16-17-8-10-18(11-9-17)23-30(27,28)19-12-13-21(29-3)20(15-19)25-14-6-7-22(25)26/h8-13,15,23H,4-7,14,16H2,1-3H3. The quantitative estimate of drug-likeness (QED) is 0.658. The van der Waals surface area contributed by atoms with Crippen molar-refractivity contribution in [2.75, 3.05) is 36.4 Å². The van der Waals surface area contributed by atoms with Crippen LogP contribution in [-0.4, -0.2) is 46.0 Å². The van der Waals surface area contributed by atoms with Crippen LogP contribution in [0, 0.1) is 0 Å². The average Bonchev–Trinajstić information content (AvgIpc) is 3.18. The van der Waals surface area contributed by atoms with Gasteiger partial charge in [0.1, 0.15) is 5.75 Å². The van der Waals surface area contributed by atoms with Gasteiger partial charge in [-0.2, -0.15) is 0 Å². The lowest BCUT2D eigenvalue weighted by Crippen LogP contribution is -2.25. The van der Waals surface area contributed by atoms with Gasteiger partial charge in [0.25, 0.3) is 10.0 Å². The third-order valence-electron chi connectivity index (χ3n) is 5.33. The molecular weight excluding hydrogens is 402 g/mol. The van der Waals surface area contributed by atoms with Crippen LogP contribution in [-0.2, 0) is 21.4 Å². The summed E-state index contributed by atoms with van der Waals surface area (Å²) in [6.07, 6.45) is 1.20. The second-order valence-electron chi connectivity index (χ2n) is 7.25. The Kier molecular flexibility index (Phi) is 6.99. The first-order valence-corrected chi connectivity index (χ1v) is 11.7. The summed E-state index contributed by atoms with van der Waals surface area (Å²) in [4.78, 5) is 16.1. The van der Waals surface area contributed by atoms with Crippen LogP contribution in [0.1, 0.15) is 32.3 Å². The molecule has 1 N–H and O–H groups in total. The molecule has 1 heterocycles. The molecule has 2 aromatic carbocycles. The number of hydrogen-bond donors (Lipinski definition) is 1. The minimum Gasteiger partial charge on any atom is -0.495 e. The molecule has 1 fully saturated rings. The molecule has 0 atom stereocenters. The SMILES string of the molecule is CCN(CC)Cc1ccc(NS(=O)(=O)c2ccc(OC)c(N3CCCC3=O)c2)cc1. The second-order valence-corrected chi connectivity index (χ2v) is 8.93. The number of benzene rings is 2. The highest BCUT2D eigenvalue weighted by atomic mass is 32.2. The molecule has 0 aliphatic carbocycles. The largest absolute Gasteiger partial charge is 0.495 e.